The van der Waals surface area contributed by atoms with E-state index in [0.29, 0.717) is 5.56 Å². The molecule has 1 aliphatic heterocycles. The van der Waals surface area contributed by atoms with Gasteiger partial charge in [0.2, 0.25) is 15.9 Å². The van der Waals surface area contributed by atoms with Crippen LogP contribution in [0.5, 0.6) is 0 Å². The van der Waals surface area contributed by atoms with E-state index in [9.17, 15) is 13.2 Å². The Morgan fingerprint density at radius 1 is 1.03 bits per heavy atom. The summed E-state index contributed by atoms with van der Waals surface area (Å²) >= 11 is 0. The topological polar surface area (TPSA) is 78.5 Å². The van der Waals surface area contributed by atoms with Crippen LogP contribution in [-0.4, -0.2) is 34.0 Å². The molecule has 1 amide bonds. The van der Waals surface area contributed by atoms with Crippen molar-refractivity contribution in [3.63, 3.8) is 0 Å². The minimum atomic E-state index is -3.63. The van der Waals surface area contributed by atoms with Crippen molar-refractivity contribution in [3.05, 3.63) is 53.6 Å². The SMILES string of the molecule is Cc1ccc(S(=O)(=O)NCCC(=O)Nc2cccc(N3CCCCC3)c2)c(C)c1. The third-order valence-electron chi connectivity index (χ3n) is 5.12. The molecule has 3 rings (SSSR count). The molecule has 0 spiro atoms. The maximum Gasteiger partial charge on any atom is 0.240 e. The summed E-state index contributed by atoms with van der Waals surface area (Å²) in [6.45, 7) is 5.81. The minimum absolute atomic E-state index is 0.0489. The van der Waals surface area contributed by atoms with Crippen molar-refractivity contribution in [1.82, 2.24) is 4.72 Å². The molecule has 0 radical (unpaired) electrons. The second-order valence-corrected chi connectivity index (χ2v) is 9.30. The zero-order chi connectivity index (χ0) is 20.9. The summed E-state index contributed by atoms with van der Waals surface area (Å²) in [5.74, 6) is -0.218. The standard InChI is InChI=1S/C22H29N3O3S/c1-17-9-10-21(18(2)15-17)29(27,28)23-12-11-22(26)24-19-7-6-8-20(16-19)25-13-4-3-5-14-25/h6-10,15-16,23H,3-5,11-14H2,1-2H3,(H,24,26). The fourth-order valence-electron chi connectivity index (χ4n) is 3.63. The summed E-state index contributed by atoms with van der Waals surface area (Å²) in [7, 11) is -3.63. The van der Waals surface area contributed by atoms with Gasteiger partial charge >= 0.3 is 0 Å². The molecule has 2 aromatic carbocycles. The number of piperidine rings is 1. The summed E-state index contributed by atoms with van der Waals surface area (Å²) in [4.78, 5) is 14.9. The molecular weight excluding hydrogens is 386 g/mol. The number of amides is 1. The van der Waals surface area contributed by atoms with E-state index in [0.717, 1.165) is 30.0 Å². The molecule has 1 saturated heterocycles. The van der Waals surface area contributed by atoms with Crippen LogP contribution in [0.15, 0.2) is 47.4 Å². The third-order valence-corrected chi connectivity index (χ3v) is 6.74. The first kappa shape index (κ1) is 21.3. The van der Waals surface area contributed by atoms with Crippen molar-refractivity contribution in [2.75, 3.05) is 29.9 Å². The van der Waals surface area contributed by atoms with E-state index >= 15 is 0 Å². The number of carbonyl (C=O) groups is 1. The first-order valence-electron chi connectivity index (χ1n) is 10.1. The second kappa shape index (κ2) is 9.41. The maximum absolute atomic E-state index is 12.5. The second-order valence-electron chi connectivity index (χ2n) is 7.56. The lowest BCUT2D eigenvalue weighted by molar-refractivity contribution is -0.116. The predicted octanol–water partition coefficient (Wildman–Crippen LogP) is 3.60. The normalized spacial score (nSPS) is 14.6. The minimum Gasteiger partial charge on any atom is -0.371 e. The van der Waals surface area contributed by atoms with Gasteiger partial charge in [-0.1, -0.05) is 23.8 Å². The van der Waals surface area contributed by atoms with Crippen LogP contribution in [0.3, 0.4) is 0 Å². The van der Waals surface area contributed by atoms with Crippen LogP contribution in [0, 0.1) is 13.8 Å². The Labute approximate surface area is 173 Å². The van der Waals surface area contributed by atoms with E-state index in [2.05, 4.69) is 21.0 Å². The molecule has 1 aliphatic rings. The van der Waals surface area contributed by atoms with Crippen LogP contribution in [-0.2, 0) is 14.8 Å². The van der Waals surface area contributed by atoms with Crippen molar-refractivity contribution < 1.29 is 13.2 Å². The Kier molecular flexibility index (Phi) is 6.92. The van der Waals surface area contributed by atoms with Crippen molar-refractivity contribution in [1.29, 1.82) is 0 Å². The predicted molar refractivity (Wildman–Crippen MR) is 117 cm³/mol. The highest BCUT2D eigenvalue weighted by Crippen LogP contribution is 2.23. The summed E-state index contributed by atoms with van der Waals surface area (Å²) < 4.78 is 27.5. The Morgan fingerprint density at radius 2 is 1.79 bits per heavy atom. The Bertz CT molecular complexity index is 967. The molecule has 1 heterocycles. The van der Waals surface area contributed by atoms with Gasteiger partial charge in [0.1, 0.15) is 0 Å². The van der Waals surface area contributed by atoms with Crippen LogP contribution in [0.2, 0.25) is 0 Å². The lowest BCUT2D eigenvalue weighted by Gasteiger charge is -2.29. The average molecular weight is 416 g/mol. The van der Waals surface area contributed by atoms with Crippen molar-refractivity contribution in [2.45, 2.75) is 44.4 Å². The highest BCUT2D eigenvalue weighted by atomic mass is 32.2. The fraction of sp³-hybridized carbons (Fsp3) is 0.409. The molecule has 2 aromatic rings. The molecule has 156 valence electrons. The van der Waals surface area contributed by atoms with Gasteiger partial charge in [0.25, 0.3) is 0 Å². The number of nitrogens with zero attached hydrogens (tertiary/aromatic N) is 1. The highest BCUT2D eigenvalue weighted by molar-refractivity contribution is 7.89. The van der Waals surface area contributed by atoms with Gasteiger partial charge in [-0.15, -0.1) is 0 Å². The van der Waals surface area contributed by atoms with Crippen LogP contribution in [0.25, 0.3) is 0 Å². The largest absolute Gasteiger partial charge is 0.371 e. The molecular formula is C22H29N3O3S. The van der Waals surface area contributed by atoms with Crippen LogP contribution < -0.4 is 14.9 Å². The maximum atomic E-state index is 12.5. The zero-order valence-electron chi connectivity index (χ0n) is 17.1. The molecule has 1 fully saturated rings. The van der Waals surface area contributed by atoms with E-state index < -0.39 is 10.0 Å². The lowest BCUT2D eigenvalue weighted by Crippen LogP contribution is -2.29. The van der Waals surface area contributed by atoms with E-state index in [-0.39, 0.29) is 23.8 Å². The van der Waals surface area contributed by atoms with Crippen LogP contribution >= 0.6 is 0 Å². The van der Waals surface area contributed by atoms with E-state index in [1.54, 1.807) is 19.1 Å². The van der Waals surface area contributed by atoms with Gasteiger partial charge in [0, 0.05) is 37.4 Å². The summed E-state index contributed by atoms with van der Waals surface area (Å²) in [6.07, 6.45) is 3.72. The number of rotatable bonds is 7. The summed E-state index contributed by atoms with van der Waals surface area (Å²) in [5, 5.41) is 2.87. The molecule has 2 N–H and O–H groups in total. The summed E-state index contributed by atoms with van der Waals surface area (Å²) in [6, 6.07) is 13.0. The van der Waals surface area contributed by atoms with Gasteiger partial charge in [0.05, 0.1) is 4.90 Å². The van der Waals surface area contributed by atoms with E-state index in [1.807, 2.05) is 31.2 Å². The number of aryl methyl sites for hydroxylation is 2. The molecule has 0 atom stereocenters. The van der Waals surface area contributed by atoms with Gasteiger partial charge < -0.3 is 10.2 Å². The van der Waals surface area contributed by atoms with Gasteiger partial charge in [0.15, 0.2) is 0 Å². The number of nitrogens with one attached hydrogen (secondary N) is 2. The zero-order valence-corrected chi connectivity index (χ0v) is 17.9. The quantitative estimate of drug-likeness (QED) is 0.724. The van der Waals surface area contributed by atoms with Gasteiger partial charge in [-0.2, -0.15) is 0 Å². The Hall–Kier alpha value is -2.38. The van der Waals surface area contributed by atoms with Crippen molar-refractivity contribution >= 4 is 27.3 Å². The molecule has 7 heteroatoms. The molecule has 0 unspecified atom stereocenters. The fourth-order valence-corrected chi connectivity index (χ4v) is 4.89. The monoisotopic (exact) mass is 415 g/mol. The number of hydrogen-bond donors (Lipinski definition) is 2. The number of anilines is 2. The highest BCUT2D eigenvalue weighted by Gasteiger charge is 2.17. The van der Waals surface area contributed by atoms with Crippen LogP contribution in [0.4, 0.5) is 11.4 Å². The Morgan fingerprint density at radius 3 is 2.52 bits per heavy atom. The average Bonchev–Trinajstić information content (AvgIpc) is 2.68. The van der Waals surface area contributed by atoms with E-state index in [1.165, 1.54) is 19.3 Å². The lowest BCUT2D eigenvalue weighted by atomic mass is 10.1. The van der Waals surface area contributed by atoms with Gasteiger partial charge in [-0.3, -0.25) is 4.79 Å². The molecule has 29 heavy (non-hydrogen) atoms. The first-order chi connectivity index (χ1) is 13.8. The Balaban J connectivity index is 1.53. The molecule has 0 bridgehead atoms. The molecule has 6 nitrogen and oxygen atoms in total. The smallest absolute Gasteiger partial charge is 0.240 e. The van der Waals surface area contributed by atoms with E-state index in [4.69, 9.17) is 0 Å². The van der Waals surface area contributed by atoms with Crippen molar-refractivity contribution in [3.8, 4) is 0 Å². The van der Waals surface area contributed by atoms with Crippen LogP contribution in [0.1, 0.15) is 36.8 Å². The third kappa shape index (κ3) is 5.81. The molecule has 0 saturated carbocycles. The summed E-state index contributed by atoms with van der Waals surface area (Å²) in [5.41, 5.74) is 3.54. The molecule has 0 aromatic heterocycles. The van der Waals surface area contributed by atoms with Gasteiger partial charge in [-0.05, 0) is 62.9 Å². The van der Waals surface area contributed by atoms with Gasteiger partial charge in [-0.25, -0.2) is 13.1 Å². The number of hydrogen-bond acceptors (Lipinski definition) is 4. The number of sulfonamides is 1. The number of carbonyl (C=O) groups excluding carboxylic acids is 1. The van der Waals surface area contributed by atoms with Crippen molar-refractivity contribution in [2.24, 2.45) is 0 Å². The number of benzene rings is 2. The molecule has 0 aliphatic carbocycles. The first-order valence-corrected chi connectivity index (χ1v) is 11.6.